The summed E-state index contributed by atoms with van der Waals surface area (Å²) < 4.78 is 50.6. The van der Waals surface area contributed by atoms with Crippen molar-refractivity contribution in [3.8, 4) is 0 Å². The minimum absolute atomic E-state index is 0.203. The monoisotopic (exact) mass is 288 g/mol. The van der Waals surface area contributed by atoms with Gasteiger partial charge in [0.1, 0.15) is 11.6 Å². The Morgan fingerprint density at radius 1 is 1.35 bits per heavy atom. The molecule has 9 heteroatoms. The molecular weight excluding hydrogens is 280 g/mol. The number of alkyl halides is 3. The average Bonchev–Trinajstić information content (AvgIpc) is 2.77. The third-order valence-corrected chi connectivity index (χ3v) is 2.33. The number of anilines is 1. The second-order valence-corrected chi connectivity index (χ2v) is 3.89. The largest absolute Gasteiger partial charge is 0.419 e. The van der Waals surface area contributed by atoms with Crippen molar-refractivity contribution >= 4 is 11.6 Å². The molecule has 0 saturated carbocycles. The van der Waals surface area contributed by atoms with Crippen molar-refractivity contribution in [2.75, 3.05) is 5.32 Å². The number of benzene rings is 1. The van der Waals surface area contributed by atoms with E-state index in [1.807, 2.05) is 0 Å². The van der Waals surface area contributed by atoms with Crippen LogP contribution in [-0.2, 0) is 6.18 Å². The van der Waals surface area contributed by atoms with Gasteiger partial charge in [0.05, 0.1) is 5.56 Å². The zero-order chi connectivity index (χ0) is 14.9. The van der Waals surface area contributed by atoms with Crippen LogP contribution in [0.3, 0.4) is 0 Å². The summed E-state index contributed by atoms with van der Waals surface area (Å²) in [6.07, 6.45) is -4.84. The van der Waals surface area contributed by atoms with Crippen LogP contribution in [0.5, 0.6) is 0 Å². The maximum atomic E-state index is 13.1. The van der Waals surface area contributed by atoms with Crippen molar-refractivity contribution in [2.45, 2.75) is 13.1 Å². The van der Waals surface area contributed by atoms with Crippen LogP contribution in [0.15, 0.2) is 18.2 Å². The van der Waals surface area contributed by atoms with E-state index in [-0.39, 0.29) is 11.5 Å². The van der Waals surface area contributed by atoms with Gasteiger partial charge in [-0.2, -0.15) is 13.2 Å². The molecule has 0 aliphatic heterocycles. The first kappa shape index (κ1) is 14.0. The molecule has 0 atom stereocenters. The maximum absolute atomic E-state index is 13.1. The number of amides is 1. The lowest BCUT2D eigenvalue weighted by atomic mass is 10.2. The van der Waals surface area contributed by atoms with Gasteiger partial charge in [-0.05, 0) is 25.1 Å². The molecule has 0 unspecified atom stereocenters. The fourth-order valence-corrected chi connectivity index (χ4v) is 1.45. The van der Waals surface area contributed by atoms with Gasteiger partial charge in [-0.15, -0.1) is 5.10 Å². The van der Waals surface area contributed by atoms with E-state index in [0.717, 1.165) is 6.07 Å². The molecule has 1 aromatic carbocycles. The predicted molar refractivity (Wildman–Crippen MR) is 60.5 cm³/mol. The van der Waals surface area contributed by atoms with Crippen LogP contribution in [0.25, 0.3) is 0 Å². The third kappa shape index (κ3) is 2.92. The standard InChI is InChI=1S/C11H8F4N4O/c1-5-16-9(19-18-5)10(20)17-6-2-3-8(12)7(4-6)11(13,14)15/h2-4H,1H3,(H,17,20)(H,16,18,19). The van der Waals surface area contributed by atoms with Gasteiger partial charge in [0.25, 0.3) is 5.91 Å². The Bertz CT molecular complexity index is 650. The first-order chi connectivity index (χ1) is 9.27. The van der Waals surface area contributed by atoms with Crippen LogP contribution in [0.2, 0.25) is 0 Å². The molecule has 2 aromatic rings. The van der Waals surface area contributed by atoms with Crippen LogP contribution < -0.4 is 5.32 Å². The van der Waals surface area contributed by atoms with Gasteiger partial charge in [-0.25, -0.2) is 9.37 Å². The van der Waals surface area contributed by atoms with Gasteiger partial charge in [-0.3, -0.25) is 9.89 Å². The van der Waals surface area contributed by atoms with Crippen LogP contribution >= 0.6 is 0 Å². The van der Waals surface area contributed by atoms with Crippen molar-refractivity contribution in [3.63, 3.8) is 0 Å². The lowest BCUT2D eigenvalue weighted by Crippen LogP contribution is -2.15. The molecule has 0 radical (unpaired) electrons. The summed E-state index contributed by atoms with van der Waals surface area (Å²) in [5.41, 5.74) is -1.66. The summed E-state index contributed by atoms with van der Waals surface area (Å²) in [5, 5.41) is 8.13. The Hall–Kier alpha value is -2.45. The molecule has 2 N–H and O–H groups in total. The Kier molecular flexibility index (Phi) is 3.43. The SMILES string of the molecule is Cc1nc(C(=O)Nc2ccc(F)c(C(F)(F)F)c2)n[nH]1. The summed E-state index contributed by atoms with van der Waals surface area (Å²) in [5.74, 6) is -2.05. The van der Waals surface area contributed by atoms with E-state index >= 15 is 0 Å². The molecule has 0 fully saturated rings. The molecule has 0 spiro atoms. The van der Waals surface area contributed by atoms with Crippen molar-refractivity contribution in [1.29, 1.82) is 0 Å². The topological polar surface area (TPSA) is 70.7 Å². The van der Waals surface area contributed by atoms with Crippen LogP contribution in [0.1, 0.15) is 22.0 Å². The highest BCUT2D eigenvalue weighted by atomic mass is 19.4. The molecule has 1 aromatic heterocycles. The van der Waals surface area contributed by atoms with Gasteiger partial charge in [0.2, 0.25) is 5.82 Å². The Balaban J connectivity index is 2.24. The number of aromatic amines is 1. The average molecular weight is 288 g/mol. The Labute approximate surface area is 110 Å². The van der Waals surface area contributed by atoms with Gasteiger partial charge >= 0.3 is 6.18 Å². The van der Waals surface area contributed by atoms with Gasteiger partial charge < -0.3 is 5.32 Å². The molecule has 5 nitrogen and oxygen atoms in total. The lowest BCUT2D eigenvalue weighted by Gasteiger charge is -2.10. The van der Waals surface area contributed by atoms with E-state index in [1.54, 1.807) is 6.92 Å². The first-order valence-electron chi connectivity index (χ1n) is 5.34. The summed E-state index contributed by atoms with van der Waals surface area (Å²) in [4.78, 5) is 15.4. The van der Waals surface area contributed by atoms with Crippen LogP contribution in [-0.4, -0.2) is 21.1 Å². The number of carbonyl (C=O) groups is 1. The fraction of sp³-hybridized carbons (Fsp3) is 0.182. The molecule has 1 amide bonds. The highest BCUT2D eigenvalue weighted by Crippen LogP contribution is 2.33. The second kappa shape index (κ2) is 4.91. The highest BCUT2D eigenvalue weighted by molar-refractivity contribution is 6.01. The molecule has 0 aliphatic carbocycles. The van der Waals surface area contributed by atoms with Crippen LogP contribution in [0, 0.1) is 12.7 Å². The molecule has 2 rings (SSSR count). The van der Waals surface area contributed by atoms with Crippen molar-refractivity contribution in [3.05, 3.63) is 41.2 Å². The normalized spacial score (nSPS) is 11.4. The van der Waals surface area contributed by atoms with Crippen molar-refractivity contribution in [1.82, 2.24) is 15.2 Å². The van der Waals surface area contributed by atoms with E-state index in [1.165, 1.54) is 0 Å². The lowest BCUT2D eigenvalue weighted by molar-refractivity contribution is -0.139. The number of nitrogens with one attached hydrogen (secondary N) is 2. The molecule has 0 aliphatic rings. The quantitative estimate of drug-likeness (QED) is 0.834. The first-order valence-corrected chi connectivity index (χ1v) is 5.34. The highest BCUT2D eigenvalue weighted by Gasteiger charge is 2.34. The van der Waals surface area contributed by atoms with Crippen LogP contribution in [0.4, 0.5) is 23.2 Å². The molecule has 20 heavy (non-hydrogen) atoms. The van der Waals surface area contributed by atoms with E-state index in [4.69, 9.17) is 0 Å². The third-order valence-electron chi connectivity index (χ3n) is 2.33. The maximum Gasteiger partial charge on any atom is 0.419 e. The number of hydrogen-bond donors (Lipinski definition) is 2. The predicted octanol–water partition coefficient (Wildman–Crippen LogP) is 2.52. The number of halogens is 4. The zero-order valence-corrected chi connectivity index (χ0v) is 10.0. The smallest absolute Gasteiger partial charge is 0.319 e. The zero-order valence-electron chi connectivity index (χ0n) is 10.0. The van der Waals surface area contributed by atoms with Gasteiger partial charge in [-0.1, -0.05) is 0 Å². The van der Waals surface area contributed by atoms with E-state index < -0.39 is 23.5 Å². The van der Waals surface area contributed by atoms with E-state index in [2.05, 4.69) is 20.5 Å². The number of H-pyrrole nitrogens is 1. The Morgan fingerprint density at radius 3 is 2.60 bits per heavy atom. The van der Waals surface area contributed by atoms with Gasteiger partial charge in [0, 0.05) is 5.69 Å². The summed E-state index contributed by atoms with van der Waals surface area (Å²) >= 11 is 0. The molecule has 1 heterocycles. The Morgan fingerprint density at radius 2 is 2.05 bits per heavy atom. The van der Waals surface area contributed by atoms with Crippen molar-refractivity contribution in [2.24, 2.45) is 0 Å². The number of nitrogens with zero attached hydrogens (tertiary/aromatic N) is 2. The second-order valence-electron chi connectivity index (χ2n) is 3.89. The van der Waals surface area contributed by atoms with Gasteiger partial charge in [0.15, 0.2) is 0 Å². The van der Waals surface area contributed by atoms with E-state index in [9.17, 15) is 22.4 Å². The minimum atomic E-state index is -4.84. The molecule has 0 bridgehead atoms. The van der Waals surface area contributed by atoms with Crippen molar-refractivity contribution < 1.29 is 22.4 Å². The molecule has 0 saturated heterocycles. The fourth-order valence-electron chi connectivity index (χ4n) is 1.45. The summed E-state index contributed by atoms with van der Waals surface area (Å²) in [6.45, 7) is 1.56. The number of carbonyl (C=O) groups excluding carboxylic acids is 1. The summed E-state index contributed by atoms with van der Waals surface area (Å²) in [6, 6.07) is 2.15. The number of aryl methyl sites for hydroxylation is 1. The minimum Gasteiger partial charge on any atom is -0.319 e. The molecule has 106 valence electrons. The summed E-state index contributed by atoms with van der Waals surface area (Å²) in [7, 11) is 0. The van der Waals surface area contributed by atoms with E-state index in [0.29, 0.717) is 18.0 Å². The number of aromatic nitrogens is 3. The number of hydrogen-bond acceptors (Lipinski definition) is 3. The number of rotatable bonds is 2. The molecular formula is C11H8F4N4O.